The van der Waals surface area contributed by atoms with Crippen molar-refractivity contribution >= 4 is 45.9 Å². The van der Waals surface area contributed by atoms with Crippen molar-refractivity contribution in [1.82, 2.24) is 10.3 Å². The summed E-state index contributed by atoms with van der Waals surface area (Å²) in [5.74, 6) is 0.903. The molecule has 1 aromatic heterocycles. The number of halogens is 1. The van der Waals surface area contributed by atoms with E-state index in [-0.39, 0.29) is 17.6 Å². The Hall–Kier alpha value is -3.09. The molecule has 7 heteroatoms. The van der Waals surface area contributed by atoms with Crippen molar-refractivity contribution in [3.05, 3.63) is 88.7 Å². The number of hydrogen-bond donors (Lipinski definition) is 1. The molecule has 3 aliphatic rings. The predicted octanol–water partition coefficient (Wildman–Crippen LogP) is 7.87. The van der Waals surface area contributed by atoms with Crippen LogP contribution in [0.4, 0.5) is 11.4 Å². The molecule has 2 aliphatic heterocycles. The number of aromatic nitrogens is 1. The Kier molecular flexibility index (Phi) is 6.80. The van der Waals surface area contributed by atoms with Crippen LogP contribution in [0, 0.1) is 0 Å². The van der Waals surface area contributed by atoms with E-state index >= 15 is 0 Å². The average molecular weight is 559 g/mol. The van der Waals surface area contributed by atoms with Gasteiger partial charge in [0.05, 0.1) is 29.4 Å². The maximum Gasteiger partial charge on any atom is 0.174 e. The molecule has 3 heterocycles. The molecule has 1 N–H and O–H groups in total. The number of likely N-dealkylation sites (N-methyl/N-ethyl adjacent to an activating group) is 1. The van der Waals surface area contributed by atoms with Crippen LogP contribution in [-0.4, -0.2) is 28.8 Å². The molecule has 202 valence electrons. The van der Waals surface area contributed by atoms with Crippen LogP contribution in [0.15, 0.2) is 66.9 Å². The van der Waals surface area contributed by atoms with Crippen molar-refractivity contribution in [2.24, 2.45) is 0 Å². The molecule has 3 aromatic rings. The minimum atomic E-state index is -0.181. The van der Waals surface area contributed by atoms with Gasteiger partial charge >= 0.3 is 0 Å². The number of rotatable bonds is 5. The Balaban J connectivity index is 1.43. The molecule has 1 saturated carbocycles. The number of thiocarbonyl (C=S) groups is 1. The summed E-state index contributed by atoms with van der Waals surface area (Å²) in [5.41, 5.74) is 6.41. The first-order valence-electron chi connectivity index (χ1n) is 13.8. The largest absolute Gasteiger partial charge is 0.490 e. The Bertz CT molecular complexity index is 1420. The van der Waals surface area contributed by atoms with Crippen LogP contribution in [0.3, 0.4) is 0 Å². The van der Waals surface area contributed by atoms with E-state index in [0.29, 0.717) is 11.2 Å². The van der Waals surface area contributed by atoms with E-state index in [0.717, 1.165) is 46.2 Å². The second-order valence-corrected chi connectivity index (χ2v) is 12.2. The number of allylic oxidation sites excluding steroid dienone is 1. The second kappa shape index (κ2) is 10.1. The maximum absolute atomic E-state index is 7.14. The van der Waals surface area contributed by atoms with E-state index in [1.165, 1.54) is 24.0 Å². The number of fused-ring (bicyclic) bond motifs is 1. The molecule has 2 fully saturated rings. The van der Waals surface area contributed by atoms with E-state index < -0.39 is 0 Å². The number of nitrogens with zero attached hydrogens (tertiary/aromatic N) is 3. The van der Waals surface area contributed by atoms with E-state index in [1.54, 1.807) is 0 Å². The van der Waals surface area contributed by atoms with Gasteiger partial charge in [0.15, 0.2) is 5.11 Å². The zero-order valence-corrected chi connectivity index (χ0v) is 24.5. The highest BCUT2D eigenvalue weighted by Gasteiger charge is 2.42. The standard InChI is InChI=1S/C32H35ClN4OS/c1-20-19-32(2,3)36(4)28-18-26(33)25(17-24(20)28)30-29(27-11-7-8-16-34-27)35-31(39)37(30)21-12-14-23(15-13-21)38-22-9-5-6-10-22/h7-8,11-19,22,29-30H,5-6,9-10H2,1-4H3,(H,35,39). The molecule has 39 heavy (non-hydrogen) atoms. The van der Waals surface area contributed by atoms with Crippen LogP contribution in [0.2, 0.25) is 5.02 Å². The third kappa shape index (κ3) is 4.78. The SMILES string of the molecule is CC1=CC(C)(C)N(C)c2cc(Cl)c(C3C(c4ccccn4)NC(=S)N3c3ccc(OC4CCCC4)cc3)cc21. The summed E-state index contributed by atoms with van der Waals surface area (Å²) >= 11 is 13.1. The Morgan fingerprint density at radius 1 is 1.08 bits per heavy atom. The zero-order valence-electron chi connectivity index (χ0n) is 22.9. The van der Waals surface area contributed by atoms with E-state index in [2.05, 4.69) is 85.4 Å². The molecule has 1 aliphatic carbocycles. The Morgan fingerprint density at radius 2 is 1.82 bits per heavy atom. The lowest BCUT2D eigenvalue weighted by atomic mass is 9.86. The van der Waals surface area contributed by atoms with Crippen molar-refractivity contribution in [2.45, 2.75) is 70.2 Å². The third-order valence-electron chi connectivity index (χ3n) is 8.47. The zero-order chi connectivity index (χ0) is 27.3. The van der Waals surface area contributed by atoms with Crippen LogP contribution < -0.4 is 19.9 Å². The summed E-state index contributed by atoms with van der Waals surface area (Å²) in [5, 5.41) is 4.93. The lowest BCUT2D eigenvalue weighted by Crippen LogP contribution is -2.42. The smallest absolute Gasteiger partial charge is 0.174 e. The molecule has 2 unspecified atom stereocenters. The van der Waals surface area contributed by atoms with Gasteiger partial charge in [-0.2, -0.15) is 0 Å². The molecule has 0 radical (unpaired) electrons. The van der Waals surface area contributed by atoms with E-state index in [1.807, 2.05) is 24.4 Å². The Morgan fingerprint density at radius 3 is 2.51 bits per heavy atom. The van der Waals surface area contributed by atoms with Crippen LogP contribution in [-0.2, 0) is 0 Å². The van der Waals surface area contributed by atoms with Crippen molar-refractivity contribution < 1.29 is 4.74 Å². The van der Waals surface area contributed by atoms with Gasteiger partial charge < -0.3 is 19.9 Å². The lowest BCUT2D eigenvalue weighted by Gasteiger charge is -2.41. The minimum Gasteiger partial charge on any atom is -0.490 e. The highest BCUT2D eigenvalue weighted by atomic mass is 35.5. The Labute approximate surface area is 241 Å². The van der Waals surface area contributed by atoms with Gasteiger partial charge in [0, 0.05) is 35.2 Å². The molecule has 0 amide bonds. The van der Waals surface area contributed by atoms with Crippen molar-refractivity contribution in [1.29, 1.82) is 0 Å². The van der Waals surface area contributed by atoms with Gasteiger partial charge in [0.1, 0.15) is 5.75 Å². The third-order valence-corrected chi connectivity index (χ3v) is 9.11. The predicted molar refractivity (Wildman–Crippen MR) is 165 cm³/mol. The van der Waals surface area contributed by atoms with Gasteiger partial charge in [0.25, 0.3) is 0 Å². The van der Waals surface area contributed by atoms with Crippen molar-refractivity contribution in [2.75, 3.05) is 16.8 Å². The monoisotopic (exact) mass is 558 g/mol. The summed E-state index contributed by atoms with van der Waals surface area (Å²) < 4.78 is 6.23. The van der Waals surface area contributed by atoms with Crippen molar-refractivity contribution in [3.8, 4) is 5.75 Å². The van der Waals surface area contributed by atoms with Crippen LogP contribution in [0.1, 0.15) is 75.4 Å². The fourth-order valence-electron chi connectivity index (χ4n) is 6.25. The maximum atomic E-state index is 7.14. The summed E-state index contributed by atoms with van der Waals surface area (Å²) in [6.45, 7) is 6.62. The molecular formula is C32H35ClN4OS. The van der Waals surface area contributed by atoms with E-state index in [4.69, 9.17) is 33.5 Å². The van der Waals surface area contributed by atoms with Gasteiger partial charge in [-0.15, -0.1) is 0 Å². The molecule has 2 atom stereocenters. The molecule has 5 nitrogen and oxygen atoms in total. The van der Waals surface area contributed by atoms with Gasteiger partial charge in [0.2, 0.25) is 0 Å². The molecule has 0 bridgehead atoms. The van der Waals surface area contributed by atoms with Crippen molar-refractivity contribution in [3.63, 3.8) is 0 Å². The molecular weight excluding hydrogens is 524 g/mol. The topological polar surface area (TPSA) is 40.6 Å². The van der Waals surface area contributed by atoms with Crippen LogP contribution >= 0.6 is 23.8 Å². The highest BCUT2D eigenvalue weighted by molar-refractivity contribution is 7.80. The first-order valence-corrected chi connectivity index (χ1v) is 14.6. The summed E-state index contributed by atoms with van der Waals surface area (Å²) in [7, 11) is 2.13. The molecule has 0 spiro atoms. The number of anilines is 2. The number of ether oxygens (including phenoxy) is 1. The van der Waals surface area contributed by atoms with Gasteiger partial charge in [-0.25, -0.2) is 0 Å². The molecule has 6 rings (SSSR count). The number of hydrogen-bond acceptors (Lipinski definition) is 4. The van der Waals surface area contributed by atoms with Gasteiger partial charge in [-0.3, -0.25) is 4.98 Å². The number of benzene rings is 2. The second-order valence-electron chi connectivity index (χ2n) is 11.4. The van der Waals surface area contributed by atoms with Crippen LogP contribution in [0.25, 0.3) is 5.57 Å². The molecule has 2 aromatic carbocycles. The summed E-state index contributed by atoms with van der Waals surface area (Å²) in [4.78, 5) is 9.17. The number of pyridine rings is 1. The number of nitrogens with one attached hydrogen (secondary N) is 1. The molecule has 1 saturated heterocycles. The fraction of sp³-hybridized carbons (Fsp3) is 0.375. The minimum absolute atomic E-state index is 0.0940. The highest BCUT2D eigenvalue weighted by Crippen LogP contribution is 2.48. The summed E-state index contributed by atoms with van der Waals surface area (Å²) in [6, 6.07) is 18.3. The van der Waals surface area contributed by atoms with Gasteiger partial charge in [-0.05, 0) is 118 Å². The average Bonchev–Trinajstić information content (AvgIpc) is 3.55. The normalized spacial score (nSPS) is 22.5. The van der Waals surface area contributed by atoms with Gasteiger partial charge in [-0.1, -0.05) is 23.7 Å². The first-order chi connectivity index (χ1) is 18.7. The van der Waals surface area contributed by atoms with E-state index in [9.17, 15) is 0 Å². The lowest BCUT2D eigenvalue weighted by molar-refractivity contribution is 0.210. The summed E-state index contributed by atoms with van der Waals surface area (Å²) in [6.07, 6.45) is 9.22. The fourth-order valence-corrected chi connectivity index (χ4v) is 6.86. The first kappa shape index (κ1) is 26.1. The quantitative estimate of drug-likeness (QED) is 0.321. The van der Waals surface area contributed by atoms with Crippen LogP contribution in [0.5, 0.6) is 5.75 Å².